The van der Waals surface area contributed by atoms with Gasteiger partial charge in [-0.05, 0) is 30.4 Å². The molecule has 0 aliphatic carbocycles. The molecule has 1 amide bonds. The molecule has 0 radical (unpaired) electrons. The number of hydrogen-bond donors (Lipinski definition) is 2. The Bertz CT molecular complexity index is 470. The molecule has 1 fully saturated rings. The topological polar surface area (TPSA) is 71.2 Å². The first kappa shape index (κ1) is 14.1. The maximum Gasteiger partial charge on any atom is 0.254 e. The van der Waals surface area contributed by atoms with Crippen LogP contribution in [0.3, 0.4) is 0 Å². The summed E-state index contributed by atoms with van der Waals surface area (Å²) < 4.78 is 0. The molecule has 2 rings (SSSR count). The van der Waals surface area contributed by atoms with Crippen molar-refractivity contribution in [3.63, 3.8) is 0 Å². The molecule has 5 nitrogen and oxygen atoms in total. The normalized spacial score (nSPS) is 23.3. The van der Waals surface area contributed by atoms with Crippen LogP contribution in [0.2, 0.25) is 5.15 Å². The Hall–Kier alpha value is -1.33. The first-order valence-electron chi connectivity index (χ1n) is 6.43. The van der Waals surface area contributed by atoms with Crippen LogP contribution in [0.4, 0.5) is 5.82 Å². The summed E-state index contributed by atoms with van der Waals surface area (Å²) in [5.41, 5.74) is 2.94. The van der Waals surface area contributed by atoms with Gasteiger partial charge in [0.1, 0.15) is 11.0 Å². The van der Waals surface area contributed by atoms with Crippen molar-refractivity contribution in [2.24, 2.45) is 17.7 Å². The van der Waals surface area contributed by atoms with E-state index in [1.807, 2.05) is 4.90 Å². The Morgan fingerprint density at radius 1 is 1.42 bits per heavy atom. The second kappa shape index (κ2) is 5.75. The van der Waals surface area contributed by atoms with Crippen LogP contribution in [-0.4, -0.2) is 28.9 Å². The molecule has 2 atom stereocenters. The van der Waals surface area contributed by atoms with Crippen molar-refractivity contribution in [1.82, 2.24) is 9.88 Å². The second-order valence-electron chi connectivity index (χ2n) is 5.36. The van der Waals surface area contributed by atoms with Gasteiger partial charge in [-0.25, -0.2) is 10.8 Å². The lowest BCUT2D eigenvalue weighted by atomic mass is 9.91. The largest absolute Gasteiger partial charge is 0.338 e. The predicted octanol–water partition coefficient (Wildman–Crippen LogP) is 2.14. The maximum absolute atomic E-state index is 12.5. The number of nitrogen functional groups attached to an aromatic ring is 1. The van der Waals surface area contributed by atoms with E-state index in [-0.39, 0.29) is 11.1 Å². The molecule has 0 saturated carbocycles. The van der Waals surface area contributed by atoms with Crippen molar-refractivity contribution in [3.05, 3.63) is 22.8 Å². The van der Waals surface area contributed by atoms with Crippen LogP contribution in [0.15, 0.2) is 12.1 Å². The van der Waals surface area contributed by atoms with E-state index >= 15 is 0 Å². The summed E-state index contributed by atoms with van der Waals surface area (Å²) in [5, 5.41) is 0.261. The Morgan fingerprint density at radius 2 is 2.05 bits per heavy atom. The van der Waals surface area contributed by atoms with Gasteiger partial charge in [0.2, 0.25) is 0 Å². The second-order valence-corrected chi connectivity index (χ2v) is 5.75. The monoisotopic (exact) mass is 282 g/mol. The zero-order valence-corrected chi connectivity index (χ0v) is 11.9. The first-order chi connectivity index (χ1) is 8.99. The molecule has 1 aromatic heterocycles. The van der Waals surface area contributed by atoms with Crippen molar-refractivity contribution in [2.45, 2.75) is 20.3 Å². The summed E-state index contributed by atoms with van der Waals surface area (Å²) in [5.74, 6) is 6.75. The lowest BCUT2D eigenvalue weighted by Gasteiger charge is -2.35. The van der Waals surface area contributed by atoms with E-state index in [1.165, 1.54) is 0 Å². The van der Waals surface area contributed by atoms with E-state index in [0.29, 0.717) is 23.2 Å². The molecule has 1 aliphatic heterocycles. The number of carbonyl (C=O) groups excluding carboxylic acids is 1. The maximum atomic E-state index is 12.5. The van der Waals surface area contributed by atoms with Gasteiger partial charge in [-0.3, -0.25) is 4.79 Å². The molecular formula is C13H19ClN4O. The number of nitrogens with zero attached hydrogens (tertiary/aromatic N) is 2. The van der Waals surface area contributed by atoms with Crippen molar-refractivity contribution < 1.29 is 4.79 Å². The highest BCUT2D eigenvalue weighted by atomic mass is 35.5. The van der Waals surface area contributed by atoms with E-state index in [2.05, 4.69) is 24.3 Å². The predicted molar refractivity (Wildman–Crippen MR) is 75.9 cm³/mol. The Morgan fingerprint density at radius 3 is 2.63 bits per heavy atom. The van der Waals surface area contributed by atoms with Crippen LogP contribution in [0, 0.1) is 11.8 Å². The summed E-state index contributed by atoms with van der Waals surface area (Å²) >= 11 is 5.89. The zero-order chi connectivity index (χ0) is 14.0. The molecule has 19 heavy (non-hydrogen) atoms. The Labute approximate surface area is 118 Å². The average Bonchev–Trinajstić information content (AvgIpc) is 2.35. The molecule has 0 bridgehead atoms. The quantitative estimate of drug-likeness (QED) is 0.495. The van der Waals surface area contributed by atoms with E-state index in [4.69, 9.17) is 17.4 Å². The molecule has 2 unspecified atom stereocenters. The van der Waals surface area contributed by atoms with Crippen LogP contribution in [0.5, 0.6) is 0 Å². The average molecular weight is 283 g/mol. The first-order valence-corrected chi connectivity index (χ1v) is 6.81. The van der Waals surface area contributed by atoms with Gasteiger partial charge in [0.05, 0.1) is 0 Å². The number of aromatic nitrogens is 1. The van der Waals surface area contributed by atoms with Crippen LogP contribution in [-0.2, 0) is 0 Å². The Kier molecular flexibility index (Phi) is 4.27. The molecule has 104 valence electrons. The third kappa shape index (κ3) is 3.36. The van der Waals surface area contributed by atoms with E-state index in [1.54, 1.807) is 12.1 Å². The summed E-state index contributed by atoms with van der Waals surface area (Å²) in [6.07, 6.45) is 1.16. The lowest BCUT2D eigenvalue weighted by Crippen LogP contribution is -2.42. The van der Waals surface area contributed by atoms with Gasteiger partial charge in [0.15, 0.2) is 0 Å². The molecule has 3 N–H and O–H groups in total. The molecule has 2 heterocycles. The number of hydrogen-bond acceptors (Lipinski definition) is 4. The standard InChI is InChI=1S/C13H19ClN4O/c1-8-3-9(2)7-18(6-8)13(19)10-4-11(14)16-12(5-10)17-15/h4-5,8-9H,3,6-7,15H2,1-2H3,(H,16,17). The fraction of sp³-hybridized carbons (Fsp3) is 0.538. The van der Waals surface area contributed by atoms with Gasteiger partial charge in [0, 0.05) is 18.7 Å². The van der Waals surface area contributed by atoms with E-state index in [9.17, 15) is 4.79 Å². The minimum absolute atomic E-state index is 0.0146. The molecule has 1 aliphatic rings. The number of nitrogens with two attached hydrogens (primary N) is 1. The Balaban J connectivity index is 2.21. The van der Waals surface area contributed by atoms with Gasteiger partial charge in [-0.1, -0.05) is 25.4 Å². The number of nitrogens with one attached hydrogen (secondary N) is 1. The number of rotatable bonds is 2. The third-order valence-corrected chi connectivity index (χ3v) is 3.54. The highest BCUT2D eigenvalue weighted by molar-refractivity contribution is 6.29. The molecule has 1 aromatic rings. The number of piperidine rings is 1. The highest BCUT2D eigenvalue weighted by Crippen LogP contribution is 2.23. The summed E-state index contributed by atoms with van der Waals surface area (Å²) in [7, 11) is 0. The summed E-state index contributed by atoms with van der Waals surface area (Å²) in [6, 6.07) is 3.20. The fourth-order valence-electron chi connectivity index (χ4n) is 2.71. The number of anilines is 1. The SMILES string of the molecule is CC1CC(C)CN(C(=O)c2cc(Cl)nc(NN)c2)C1. The molecule has 1 saturated heterocycles. The minimum Gasteiger partial charge on any atom is -0.338 e. The smallest absolute Gasteiger partial charge is 0.254 e. The van der Waals surface area contributed by atoms with Gasteiger partial charge < -0.3 is 10.3 Å². The molecular weight excluding hydrogens is 264 g/mol. The lowest BCUT2D eigenvalue weighted by molar-refractivity contribution is 0.0623. The highest BCUT2D eigenvalue weighted by Gasteiger charge is 2.26. The van der Waals surface area contributed by atoms with Gasteiger partial charge >= 0.3 is 0 Å². The number of hydrazine groups is 1. The molecule has 6 heteroatoms. The van der Waals surface area contributed by atoms with E-state index in [0.717, 1.165) is 19.5 Å². The number of halogens is 1. The number of likely N-dealkylation sites (tertiary alicyclic amines) is 1. The van der Waals surface area contributed by atoms with Crippen molar-refractivity contribution in [1.29, 1.82) is 0 Å². The zero-order valence-electron chi connectivity index (χ0n) is 11.2. The van der Waals surface area contributed by atoms with E-state index < -0.39 is 0 Å². The summed E-state index contributed by atoms with van der Waals surface area (Å²) in [4.78, 5) is 18.3. The van der Waals surface area contributed by atoms with Crippen molar-refractivity contribution in [2.75, 3.05) is 18.5 Å². The van der Waals surface area contributed by atoms with Crippen LogP contribution < -0.4 is 11.3 Å². The van der Waals surface area contributed by atoms with Crippen molar-refractivity contribution >= 4 is 23.3 Å². The van der Waals surface area contributed by atoms with Gasteiger partial charge in [0.25, 0.3) is 5.91 Å². The minimum atomic E-state index is -0.0146. The third-order valence-electron chi connectivity index (χ3n) is 3.34. The van der Waals surface area contributed by atoms with Crippen molar-refractivity contribution in [3.8, 4) is 0 Å². The molecule has 0 spiro atoms. The van der Waals surface area contributed by atoms with Crippen LogP contribution >= 0.6 is 11.6 Å². The number of amides is 1. The van der Waals surface area contributed by atoms with Crippen LogP contribution in [0.25, 0.3) is 0 Å². The van der Waals surface area contributed by atoms with Gasteiger partial charge in [-0.2, -0.15) is 0 Å². The fourth-order valence-corrected chi connectivity index (χ4v) is 2.91. The van der Waals surface area contributed by atoms with Gasteiger partial charge in [-0.15, -0.1) is 0 Å². The molecule has 0 aromatic carbocycles. The van der Waals surface area contributed by atoms with Crippen LogP contribution in [0.1, 0.15) is 30.6 Å². The summed E-state index contributed by atoms with van der Waals surface area (Å²) in [6.45, 7) is 5.91. The number of pyridine rings is 1. The number of carbonyl (C=O) groups is 1.